The highest BCUT2D eigenvalue weighted by molar-refractivity contribution is 14.1. The molecule has 216 valence electrons. The molecule has 3 aliphatic rings. The first-order valence-corrected chi connectivity index (χ1v) is 16.3. The van der Waals surface area contributed by atoms with Crippen LogP contribution in [0.3, 0.4) is 0 Å². The number of amides is 1. The molecule has 42 heavy (non-hydrogen) atoms. The van der Waals surface area contributed by atoms with Crippen LogP contribution in [0.2, 0.25) is 0 Å². The van der Waals surface area contributed by atoms with E-state index in [2.05, 4.69) is 103 Å². The Morgan fingerprint density at radius 2 is 1.88 bits per heavy atom. The molecule has 7 nitrogen and oxygen atoms in total. The van der Waals surface area contributed by atoms with E-state index < -0.39 is 0 Å². The molecule has 1 aliphatic carbocycles. The molecular weight excluding hydrogens is 635 g/mol. The lowest BCUT2D eigenvalue weighted by molar-refractivity contribution is -0.121. The lowest BCUT2D eigenvalue weighted by Crippen LogP contribution is -2.32. The van der Waals surface area contributed by atoms with Gasteiger partial charge in [0, 0.05) is 57.2 Å². The first-order chi connectivity index (χ1) is 20.5. The summed E-state index contributed by atoms with van der Waals surface area (Å²) < 4.78 is 1.12. The number of H-pyrrole nitrogens is 2. The third-order valence-corrected chi connectivity index (χ3v) is 9.79. The minimum Gasteiger partial charge on any atom is -0.371 e. The van der Waals surface area contributed by atoms with Crippen molar-refractivity contribution >= 4 is 61.6 Å². The van der Waals surface area contributed by atoms with E-state index in [4.69, 9.17) is 5.10 Å². The Bertz CT molecular complexity index is 1730. The highest BCUT2D eigenvalue weighted by Gasteiger charge is 2.21. The number of nitrogens with one attached hydrogen (secondary N) is 4. The Kier molecular flexibility index (Phi) is 7.66. The van der Waals surface area contributed by atoms with E-state index >= 15 is 0 Å². The zero-order valence-electron chi connectivity index (χ0n) is 23.9. The van der Waals surface area contributed by atoms with Crippen LogP contribution in [0.1, 0.15) is 50.5 Å². The summed E-state index contributed by atoms with van der Waals surface area (Å²) in [6.07, 6.45) is 11.4. The van der Waals surface area contributed by atoms with E-state index in [9.17, 15) is 4.79 Å². The number of aromatic nitrogens is 3. The number of rotatable bonds is 6. The summed E-state index contributed by atoms with van der Waals surface area (Å²) >= 11 is 2.40. The molecule has 4 N–H and O–H groups in total. The smallest absolute Gasteiger partial charge is 0.224 e. The Labute approximate surface area is 260 Å². The molecule has 8 heteroatoms. The summed E-state index contributed by atoms with van der Waals surface area (Å²) in [5.74, 6) is 0.560. The van der Waals surface area contributed by atoms with Gasteiger partial charge in [-0.1, -0.05) is 18.7 Å². The van der Waals surface area contributed by atoms with Crippen LogP contribution in [-0.2, 0) is 4.79 Å². The number of fused-ring (bicyclic) bond motifs is 2. The Morgan fingerprint density at radius 1 is 1.05 bits per heavy atom. The first kappa shape index (κ1) is 27.5. The lowest BCUT2D eigenvalue weighted by atomic mass is 9.92. The van der Waals surface area contributed by atoms with Gasteiger partial charge in [0.2, 0.25) is 5.91 Å². The molecule has 7 rings (SSSR count). The molecule has 0 atom stereocenters. The maximum atomic E-state index is 12.9. The SMILES string of the molecule is C=C1C=C(c2cc3c(-c4cc5c(N6CCCCC6)cccc5[nH]4)n[nH]c3cc2I)C=C(NC(=O)CC2CCNCC2)C1. The summed E-state index contributed by atoms with van der Waals surface area (Å²) in [6.45, 7) is 8.50. The molecule has 0 radical (unpaired) electrons. The average Bonchev–Trinajstić information content (AvgIpc) is 3.61. The molecule has 2 aromatic heterocycles. The van der Waals surface area contributed by atoms with Crippen LogP contribution in [-0.4, -0.2) is 47.3 Å². The molecule has 0 saturated carbocycles. The van der Waals surface area contributed by atoms with E-state index in [1.807, 2.05) is 0 Å². The molecule has 0 spiro atoms. The molecule has 2 aromatic carbocycles. The van der Waals surface area contributed by atoms with Crippen LogP contribution in [0.25, 0.3) is 38.8 Å². The second kappa shape index (κ2) is 11.7. The zero-order valence-corrected chi connectivity index (χ0v) is 26.0. The molecule has 0 unspecified atom stereocenters. The minimum atomic E-state index is 0.104. The fourth-order valence-electron chi connectivity index (χ4n) is 6.75. The second-order valence-corrected chi connectivity index (χ2v) is 13.1. The maximum Gasteiger partial charge on any atom is 0.224 e. The van der Waals surface area contributed by atoms with Gasteiger partial charge >= 0.3 is 0 Å². The number of benzene rings is 2. The topological polar surface area (TPSA) is 88.8 Å². The van der Waals surface area contributed by atoms with Crippen molar-refractivity contribution in [1.29, 1.82) is 0 Å². The van der Waals surface area contributed by atoms with Crippen molar-refractivity contribution in [2.75, 3.05) is 31.1 Å². The van der Waals surface area contributed by atoms with Gasteiger partial charge in [-0.2, -0.15) is 5.10 Å². The van der Waals surface area contributed by atoms with Crippen LogP contribution in [0.4, 0.5) is 5.69 Å². The fourth-order valence-corrected chi connectivity index (χ4v) is 7.53. The predicted octanol–water partition coefficient (Wildman–Crippen LogP) is 7.04. The summed E-state index contributed by atoms with van der Waals surface area (Å²) in [5.41, 5.74) is 9.45. The summed E-state index contributed by atoms with van der Waals surface area (Å²) in [5, 5.41) is 16.9. The van der Waals surface area contributed by atoms with Crippen molar-refractivity contribution in [2.45, 2.75) is 44.9 Å². The standard InChI is InChI=1S/C34H37IN6O/c1-21-14-23(17-24(15-21)37-33(42)16-22-8-10-36-11-9-22)25-18-27-30(20-28(25)35)39-40-34(27)31-19-26-29(38-31)6-5-7-32(26)41-12-3-2-4-13-41/h5-7,14,17-20,22,36,38H,1-4,8-13,15-16H2,(H,37,42)(H,39,40). The van der Waals surface area contributed by atoms with Crippen molar-refractivity contribution in [3.8, 4) is 11.4 Å². The number of hydrogen-bond donors (Lipinski definition) is 4. The summed E-state index contributed by atoms with van der Waals surface area (Å²) in [7, 11) is 0. The molecule has 2 aliphatic heterocycles. The average molecular weight is 673 g/mol. The molecule has 4 aromatic rings. The van der Waals surface area contributed by atoms with Gasteiger partial charge in [0.25, 0.3) is 0 Å². The van der Waals surface area contributed by atoms with Crippen LogP contribution >= 0.6 is 22.6 Å². The molecule has 1 amide bonds. The minimum absolute atomic E-state index is 0.104. The van der Waals surface area contributed by atoms with Gasteiger partial charge in [-0.15, -0.1) is 0 Å². The van der Waals surface area contributed by atoms with Gasteiger partial charge in [0.1, 0.15) is 5.69 Å². The van der Waals surface area contributed by atoms with E-state index in [0.29, 0.717) is 18.8 Å². The number of piperidine rings is 2. The Balaban J connectivity index is 1.20. The highest BCUT2D eigenvalue weighted by atomic mass is 127. The van der Waals surface area contributed by atoms with Crippen molar-refractivity contribution in [1.82, 2.24) is 25.8 Å². The van der Waals surface area contributed by atoms with Gasteiger partial charge in [0.15, 0.2) is 0 Å². The van der Waals surface area contributed by atoms with Crippen LogP contribution in [0.15, 0.2) is 66.4 Å². The number of carbonyl (C=O) groups excluding carboxylic acids is 1. The van der Waals surface area contributed by atoms with Crippen LogP contribution < -0.4 is 15.5 Å². The fraction of sp³-hybridized carbons (Fsp3) is 0.353. The number of anilines is 1. The van der Waals surface area contributed by atoms with Gasteiger partial charge in [0.05, 0.1) is 11.2 Å². The second-order valence-electron chi connectivity index (χ2n) is 12.0. The number of carbonyl (C=O) groups is 1. The third kappa shape index (κ3) is 5.54. The van der Waals surface area contributed by atoms with Crippen LogP contribution in [0, 0.1) is 9.49 Å². The molecule has 4 heterocycles. The zero-order chi connectivity index (χ0) is 28.6. The number of halogens is 1. The highest BCUT2D eigenvalue weighted by Crippen LogP contribution is 2.37. The molecule has 2 saturated heterocycles. The predicted molar refractivity (Wildman–Crippen MR) is 180 cm³/mol. The molecule has 0 bridgehead atoms. The monoisotopic (exact) mass is 672 g/mol. The number of aromatic amines is 2. The van der Waals surface area contributed by atoms with Gasteiger partial charge in [-0.3, -0.25) is 9.89 Å². The Morgan fingerprint density at radius 3 is 2.71 bits per heavy atom. The van der Waals surface area contributed by atoms with E-state index in [1.165, 1.54) is 30.3 Å². The van der Waals surface area contributed by atoms with E-state index in [1.54, 1.807) is 0 Å². The molecule has 2 fully saturated rings. The summed E-state index contributed by atoms with van der Waals surface area (Å²) in [4.78, 5) is 19.1. The van der Waals surface area contributed by atoms with Crippen molar-refractivity contribution in [3.05, 3.63) is 75.5 Å². The normalized spacial score (nSPS) is 18.4. The first-order valence-electron chi connectivity index (χ1n) is 15.2. The molecular formula is C34H37IN6O. The lowest BCUT2D eigenvalue weighted by Gasteiger charge is -2.29. The number of allylic oxidation sites excluding steroid dienone is 4. The third-order valence-electron chi connectivity index (χ3n) is 8.89. The van der Waals surface area contributed by atoms with Crippen molar-refractivity contribution in [2.24, 2.45) is 5.92 Å². The van der Waals surface area contributed by atoms with Crippen LogP contribution in [0.5, 0.6) is 0 Å². The summed E-state index contributed by atoms with van der Waals surface area (Å²) in [6, 6.07) is 13.2. The van der Waals surface area contributed by atoms with Gasteiger partial charge < -0.3 is 20.5 Å². The largest absolute Gasteiger partial charge is 0.371 e. The van der Waals surface area contributed by atoms with Gasteiger partial charge in [-0.25, -0.2) is 0 Å². The Hall–Kier alpha value is -3.37. The number of nitrogens with zero attached hydrogens (tertiary/aromatic N) is 2. The van der Waals surface area contributed by atoms with E-state index in [0.717, 1.165) is 92.8 Å². The number of hydrogen-bond acceptors (Lipinski definition) is 4. The van der Waals surface area contributed by atoms with Gasteiger partial charge in [-0.05, 0) is 127 Å². The quantitative estimate of drug-likeness (QED) is 0.166. The van der Waals surface area contributed by atoms with E-state index in [-0.39, 0.29) is 5.91 Å². The maximum absolute atomic E-state index is 12.9. The van der Waals surface area contributed by atoms with Crippen molar-refractivity contribution in [3.63, 3.8) is 0 Å². The van der Waals surface area contributed by atoms with Crippen molar-refractivity contribution < 1.29 is 4.79 Å².